The Morgan fingerprint density at radius 2 is 1.69 bits per heavy atom. The molecular weight excluding hydrogens is 488 g/mol. The third-order valence-corrected chi connectivity index (χ3v) is 7.49. The molecule has 4 rings (SSSR count). The smallest absolute Gasteiger partial charge is 0.350 e. The summed E-state index contributed by atoms with van der Waals surface area (Å²) < 4.78 is 11.7. The number of carbonyl (C=O) groups excluding carboxylic acids is 2. The number of nitrogens with zero attached hydrogens (tertiary/aromatic N) is 2. The van der Waals surface area contributed by atoms with Crippen LogP contribution in [0.5, 0.6) is 5.75 Å². The minimum absolute atomic E-state index is 0.0305. The summed E-state index contributed by atoms with van der Waals surface area (Å²) in [4.78, 5) is 30.9. The molecule has 1 heterocycles. The Hall–Kier alpha value is -3.02. The topological polar surface area (TPSA) is 59.1 Å². The minimum atomic E-state index is -1.12. The zero-order valence-corrected chi connectivity index (χ0v) is 24.8. The third-order valence-electron chi connectivity index (χ3n) is 7.49. The predicted molar refractivity (Wildman–Crippen MR) is 156 cm³/mol. The van der Waals surface area contributed by atoms with E-state index < -0.39 is 17.2 Å². The number of rotatable bonds is 9. The summed E-state index contributed by atoms with van der Waals surface area (Å²) in [5, 5.41) is 0. The van der Waals surface area contributed by atoms with E-state index in [0.29, 0.717) is 30.8 Å². The molecule has 39 heavy (non-hydrogen) atoms. The number of benzene rings is 2. The van der Waals surface area contributed by atoms with E-state index in [4.69, 9.17) is 9.47 Å². The van der Waals surface area contributed by atoms with E-state index in [9.17, 15) is 9.59 Å². The Morgan fingerprint density at radius 1 is 1.00 bits per heavy atom. The molecule has 0 radical (unpaired) electrons. The van der Waals surface area contributed by atoms with Crippen LogP contribution in [-0.4, -0.2) is 47.1 Å². The average Bonchev–Trinajstić information content (AvgIpc) is 3.71. The summed E-state index contributed by atoms with van der Waals surface area (Å²) in [6.07, 6.45) is 4.07. The number of amides is 1. The standard InChI is InChI=1S/C33H46N2O4/c1-23(2)25-15-13-24(14-16-25)21-35(27-17-18-27)30(36)26-10-9-19-34(22-26)28-11-8-12-29(20-28)38-33(6,7)31(37)39-32(3,4)5/h8,11-16,20,23,26-27H,9-10,17-19,21-22H2,1-7H3/t26-/m0/s1. The Labute approximate surface area is 234 Å². The zero-order valence-electron chi connectivity index (χ0n) is 24.8. The van der Waals surface area contributed by atoms with Crippen LogP contribution in [0.2, 0.25) is 0 Å². The second kappa shape index (κ2) is 11.6. The molecule has 6 nitrogen and oxygen atoms in total. The molecule has 0 N–H and O–H groups in total. The van der Waals surface area contributed by atoms with Crippen molar-refractivity contribution >= 4 is 17.6 Å². The van der Waals surface area contributed by atoms with Gasteiger partial charge in [0, 0.05) is 37.4 Å². The van der Waals surface area contributed by atoms with Gasteiger partial charge in [-0.3, -0.25) is 4.79 Å². The Bertz CT molecular complexity index is 1150. The van der Waals surface area contributed by atoms with E-state index in [1.165, 1.54) is 11.1 Å². The van der Waals surface area contributed by atoms with E-state index in [1.807, 2.05) is 39.0 Å². The van der Waals surface area contributed by atoms with Crippen LogP contribution in [0.15, 0.2) is 48.5 Å². The molecule has 6 heteroatoms. The highest BCUT2D eigenvalue weighted by Crippen LogP contribution is 2.34. The van der Waals surface area contributed by atoms with Gasteiger partial charge in [-0.05, 0) is 89.5 Å². The fourth-order valence-corrected chi connectivity index (χ4v) is 5.11. The SMILES string of the molecule is CC(C)c1ccc(CN(C(=O)[C@H]2CCCN(c3cccc(OC(C)(C)C(=O)OC(C)(C)C)c3)C2)C2CC2)cc1. The molecule has 0 spiro atoms. The van der Waals surface area contributed by atoms with Gasteiger partial charge >= 0.3 is 5.97 Å². The van der Waals surface area contributed by atoms with Crippen LogP contribution in [0.3, 0.4) is 0 Å². The van der Waals surface area contributed by atoms with Crippen molar-refractivity contribution < 1.29 is 19.1 Å². The highest BCUT2D eigenvalue weighted by atomic mass is 16.6. The van der Waals surface area contributed by atoms with Gasteiger partial charge in [0.1, 0.15) is 11.4 Å². The lowest BCUT2D eigenvalue weighted by atomic mass is 9.95. The molecule has 0 aromatic heterocycles. The van der Waals surface area contributed by atoms with E-state index in [1.54, 1.807) is 13.8 Å². The molecule has 0 unspecified atom stereocenters. The van der Waals surface area contributed by atoms with Crippen molar-refractivity contribution in [2.24, 2.45) is 5.92 Å². The van der Waals surface area contributed by atoms with Crippen molar-refractivity contribution in [2.75, 3.05) is 18.0 Å². The molecule has 2 aromatic rings. The maximum atomic E-state index is 13.8. The first kappa shape index (κ1) is 29.0. The highest BCUT2D eigenvalue weighted by Gasteiger charge is 2.38. The summed E-state index contributed by atoms with van der Waals surface area (Å²) in [7, 11) is 0. The van der Waals surface area contributed by atoms with Crippen LogP contribution in [0, 0.1) is 5.92 Å². The van der Waals surface area contributed by atoms with Gasteiger partial charge in [-0.25, -0.2) is 4.79 Å². The largest absolute Gasteiger partial charge is 0.476 e. The Morgan fingerprint density at radius 3 is 2.31 bits per heavy atom. The fourth-order valence-electron chi connectivity index (χ4n) is 5.11. The lowest BCUT2D eigenvalue weighted by Gasteiger charge is -2.37. The van der Waals surface area contributed by atoms with Gasteiger partial charge in [0.05, 0.1) is 5.92 Å². The van der Waals surface area contributed by atoms with Gasteiger partial charge in [-0.2, -0.15) is 0 Å². The first-order valence-electron chi connectivity index (χ1n) is 14.5. The average molecular weight is 535 g/mol. The van der Waals surface area contributed by atoms with Crippen molar-refractivity contribution in [1.82, 2.24) is 4.90 Å². The van der Waals surface area contributed by atoms with Crippen LogP contribution in [0.1, 0.15) is 91.2 Å². The van der Waals surface area contributed by atoms with Crippen LogP contribution < -0.4 is 9.64 Å². The molecule has 2 aromatic carbocycles. The third kappa shape index (κ3) is 7.77. The Kier molecular flexibility index (Phi) is 8.63. The number of piperidine rings is 1. The van der Waals surface area contributed by atoms with Gasteiger partial charge in [0.25, 0.3) is 0 Å². The predicted octanol–water partition coefficient (Wildman–Crippen LogP) is 6.72. The second-order valence-electron chi connectivity index (χ2n) is 13.0. The van der Waals surface area contributed by atoms with E-state index in [0.717, 1.165) is 37.9 Å². The molecule has 1 saturated carbocycles. The number of anilines is 1. The first-order chi connectivity index (χ1) is 18.3. The number of esters is 1. The zero-order chi connectivity index (χ0) is 28.4. The van der Waals surface area contributed by atoms with Crippen molar-refractivity contribution in [3.8, 4) is 5.75 Å². The molecule has 212 valence electrons. The molecule has 1 saturated heterocycles. The molecule has 1 aliphatic carbocycles. The van der Waals surface area contributed by atoms with Crippen LogP contribution >= 0.6 is 0 Å². The molecule has 2 fully saturated rings. The highest BCUT2D eigenvalue weighted by molar-refractivity contribution is 5.81. The quantitative estimate of drug-likeness (QED) is 0.334. The van der Waals surface area contributed by atoms with Gasteiger partial charge < -0.3 is 19.3 Å². The summed E-state index contributed by atoms with van der Waals surface area (Å²) in [6, 6.07) is 16.9. The maximum Gasteiger partial charge on any atom is 0.350 e. The molecule has 2 aliphatic rings. The van der Waals surface area contributed by atoms with Gasteiger partial charge in [0.2, 0.25) is 5.91 Å². The van der Waals surface area contributed by atoms with Crippen molar-refractivity contribution in [3.63, 3.8) is 0 Å². The van der Waals surface area contributed by atoms with Gasteiger partial charge in [-0.1, -0.05) is 44.2 Å². The summed E-state index contributed by atoms with van der Waals surface area (Å²) in [6.45, 7) is 15.7. The van der Waals surface area contributed by atoms with Crippen molar-refractivity contribution in [2.45, 2.75) is 104 Å². The van der Waals surface area contributed by atoms with E-state index >= 15 is 0 Å². The lowest BCUT2D eigenvalue weighted by molar-refractivity contribution is -0.170. The van der Waals surface area contributed by atoms with E-state index in [2.05, 4.69) is 54.0 Å². The monoisotopic (exact) mass is 534 g/mol. The summed E-state index contributed by atoms with van der Waals surface area (Å²) in [5.74, 6) is 0.954. The summed E-state index contributed by atoms with van der Waals surface area (Å²) >= 11 is 0. The molecular formula is C33H46N2O4. The summed E-state index contributed by atoms with van der Waals surface area (Å²) in [5.41, 5.74) is 1.83. The number of carbonyl (C=O) groups is 2. The first-order valence-corrected chi connectivity index (χ1v) is 14.5. The van der Waals surface area contributed by atoms with Crippen LogP contribution in [0.25, 0.3) is 0 Å². The number of hydrogen-bond acceptors (Lipinski definition) is 5. The lowest BCUT2D eigenvalue weighted by Crippen LogP contribution is -2.45. The molecule has 0 bridgehead atoms. The Balaban J connectivity index is 1.42. The minimum Gasteiger partial charge on any atom is -0.476 e. The number of ether oxygens (including phenoxy) is 2. The molecule has 1 amide bonds. The van der Waals surface area contributed by atoms with Gasteiger partial charge in [0.15, 0.2) is 5.60 Å². The fraction of sp³-hybridized carbons (Fsp3) is 0.576. The maximum absolute atomic E-state index is 13.8. The second-order valence-corrected chi connectivity index (χ2v) is 13.0. The molecule has 1 aliphatic heterocycles. The normalized spacial score (nSPS) is 18.2. The number of hydrogen-bond donors (Lipinski definition) is 0. The van der Waals surface area contributed by atoms with Crippen LogP contribution in [-0.2, 0) is 20.9 Å². The van der Waals surface area contributed by atoms with E-state index in [-0.39, 0.29) is 11.8 Å². The van der Waals surface area contributed by atoms with Crippen molar-refractivity contribution in [3.05, 3.63) is 59.7 Å². The molecule has 1 atom stereocenters. The van der Waals surface area contributed by atoms with Crippen molar-refractivity contribution in [1.29, 1.82) is 0 Å². The van der Waals surface area contributed by atoms with Gasteiger partial charge in [-0.15, -0.1) is 0 Å². The van der Waals surface area contributed by atoms with Crippen LogP contribution in [0.4, 0.5) is 5.69 Å².